The van der Waals surface area contributed by atoms with Crippen LogP contribution in [0.1, 0.15) is 12.0 Å². The fraction of sp³-hybridized carbons (Fsp3) is 0.294. The molecule has 0 aliphatic heterocycles. The van der Waals surface area contributed by atoms with Crippen LogP contribution in [0.4, 0.5) is 0 Å². The smallest absolute Gasteiger partial charge is 0.146 e. The van der Waals surface area contributed by atoms with E-state index in [1.54, 1.807) is 18.2 Å². The number of para-hydroxylation sites is 1. The monoisotopic (exact) mass is 323 g/mol. The molecular weight excluding hydrogens is 305 g/mol. The van der Waals surface area contributed by atoms with Gasteiger partial charge in [-0.15, -0.1) is 0 Å². The number of hydrogen-bond acceptors (Lipinski definition) is 2. The van der Waals surface area contributed by atoms with Crippen LogP contribution in [0.3, 0.4) is 0 Å². The molecule has 0 bridgehead atoms. The summed E-state index contributed by atoms with van der Waals surface area (Å²) in [5.74, 6) is 1.47. The van der Waals surface area contributed by atoms with Crippen LogP contribution in [0.15, 0.2) is 42.5 Å². The molecule has 2 aromatic carbocycles. The highest BCUT2D eigenvalue weighted by molar-refractivity contribution is 6.35. The third-order valence-corrected chi connectivity index (χ3v) is 3.67. The first-order valence-corrected chi connectivity index (χ1v) is 7.67. The second kappa shape index (κ2) is 7.69. The lowest BCUT2D eigenvalue weighted by Crippen LogP contribution is -2.13. The Morgan fingerprint density at radius 1 is 1.00 bits per heavy atom. The standard InChI is InChI=1S/C17H19Cl2NO/c1-20(2)11-5-7-13-6-3-4-8-16(13)21-17-10-9-14(18)12-15(17)19/h3-4,6,8-10,12H,5,7,11H2,1-2H3. The molecule has 0 aliphatic carbocycles. The first kappa shape index (κ1) is 16.2. The number of ether oxygens (including phenoxy) is 1. The lowest BCUT2D eigenvalue weighted by molar-refractivity contribution is 0.398. The minimum absolute atomic E-state index is 0.519. The highest BCUT2D eigenvalue weighted by Gasteiger charge is 2.08. The molecule has 4 heteroatoms. The quantitative estimate of drug-likeness (QED) is 0.717. The zero-order valence-corrected chi connectivity index (χ0v) is 13.8. The second-order valence-electron chi connectivity index (χ2n) is 5.19. The van der Waals surface area contributed by atoms with Gasteiger partial charge in [-0.2, -0.15) is 0 Å². The van der Waals surface area contributed by atoms with Crippen molar-refractivity contribution in [3.63, 3.8) is 0 Å². The van der Waals surface area contributed by atoms with Crippen molar-refractivity contribution in [3.8, 4) is 11.5 Å². The van der Waals surface area contributed by atoms with Gasteiger partial charge in [-0.25, -0.2) is 0 Å². The van der Waals surface area contributed by atoms with Gasteiger partial charge in [0, 0.05) is 5.02 Å². The highest BCUT2D eigenvalue weighted by Crippen LogP contribution is 2.33. The van der Waals surface area contributed by atoms with Crippen LogP contribution in [-0.2, 0) is 6.42 Å². The van der Waals surface area contributed by atoms with Crippen molar-refractivity contribution in [3.05, 3.63) is 58.1 Å². The van der Waals surface area contributed by atoms with Crippen LogP contribution in [0.25, 0.3) is 0 Å². The van der Waals surface area contributed by atoms with Gasteiger partial charge in [-0.1, -0.05) is 41.4 Å². The van der Waals surface area contributed by atoms with Crippen LogP contribution in [0.5, 0.6) is 11.5 Å². The van der Waals surface area contributed by atoms with Crippen molar-refractivity contribution in [2.75, 3.05) is 20.6 Å². The summed E-state index contributed by atoms with van der Waals surface area (Å²) >= 11 is 12.1. The largest absolute Gasteiger partial charge is 0.456 e. The topological polar surface area (TPSA) is 12.5 Å². The lowest BCUT2D eigenvalue weighted by atomic mass is 10.1. The summed E-state index contributed by atoms with van der Waals surface area (Å²) in [6.45, 7) is 1.05. The second-order valence-corrected chi connectivity index (χ2v) is 6.03. The Kier molecular flexibility index (Phi) is 5.92. The Hall–Kier alpha value is -1.22. The fourth-order valence-corrected chi connectivity index (χ4v) is 2.52. The number of nitrogens with zero attached hydrogens (tertiary/aromatic N) is 1. The molecule has 0 fully saturated rings. The molecule has 2 aromatic rings. The normalized spacial score (nSPS) is 10.9. The van der Waals surface area contributed by atoms with E-state index in [2.05, 4.69) is 25.1 Å². The van der Waals surface area contributed by atoms with E-state index in [1.807, 2.05) is 18.2 Å². The maximum absolute atomic E-state index is 6.16. The maximum atomic E-state index is 6.16. The lowest BCUT2D eigenvalue weighted by Gasteiger charge is -2.13. The molecule has 0 saturated heterocycles. The Balaban J connectivity index is 2.12. The summed E-state index contributed by atoms with van der Waals surface area (Å²) in [5.41, 5.74) is 1.19. The van der Waals surface area contributed by atoms with E-state index >= 15 is 0 Å². The molecule has 112 valence electrons. The van der Waals surface area contributed by atoms with Crippen molar-refractivity contribution in [2.24, 2.45) is 0 Å². The molecule has 0 spiro atoms. The summed E-state index contributed by atoms with van der Waals surface area (Å²) in [6.07, 6.45) is 2.06. The van der Waals surface area contributed by atoms with Gasteiger partial charge in [0.25, 0.3) is 0 Å². The van der Waals surface area contributed by atoms with E-state index < -0.39 is 0 Å². The van der Waals surface area contributed by atoms with Crippen LogP contribution in [0, 0.1) is 0 Å². The Bertz CT molecular complexity index is 599. The van der Waals surface area contributed by atoms with Crippen molar-refractivity contribution >= 4 is 23.2 Å². The van der Waals surface area contributed by atoms with Crippen LogP contribution in [-0.4, -0.2) is 25.5 Å². The van der Waals surface area contributed by atoms with E-state index in [1.165, 1.54) is 5.56 Å². The predicted octanol–water partition coefficient (Wildman–Crippen LogP) is 5.28. The fourth-order valence-electron chi connectivity index (χ4n) is 2.07. The highest BCUT2D eigenvalue weighted by atomic mass is 35.5. The summed E-state index contributed by atoms with van der Waals surface area (Å²) in [5, 5.41) is 1.12. The number of aryl methyl sites for hydroxylation is 1. The molecular formula is C17H19Cl2NO. The van der Waals surface area contributed by atoms with E-state index in [0.717, 1.165) is 25.1 Å². The molecule has 0 heterocycles. The first-order valence-electron chi connectivity index (χ1n) is 6.92. The van der Waals surface area contributed by atoms with Gasteiger partial charge in [0.2, 0.25) is 0 Å². The number of hydrogen-bond donors (Lipinski definition) is 0. The van der Waals surface area contributed by atoms with Crippen molar-refractivity contribution in [2.45, 2.75) is 12.8 Å². The first-order chi connectivity index (χ1) is 10.1. The van der Waals surface area contributed by atoms with Crippen molar-refractivity contribution in [1.29, 1.82) is 0 Å². The third-order valence-electron chi connectivity index (χ3n) is 3.14. The number of benzene rings is 2. The van der Waals surface area contributed by atoms with Gasteiger partial charge in [0.1, 0.15) is 11.5 Å². The molecule has 0 aromatic heterocycles. The van der Waals surface area contributed by atoms with Gasteiger partial charge in [-0.05, 0) is 63.3 Å². The van der Waals surface area contributed by atoms with Crippen LogP contribution in [0.2, 0.25) is 10.0 Å². The Labute approximate surface area is 136 Å². The molecule has 21 heavy (non-hydrogen) atoms. The van der Waals surface area contributed by atoms with E-state index in [9.17, 15) is 0 Å². The molecule has 0 aliphatic rings. The average Bonchev–Trinajstić information content (AvgIpc) is 2.43. The molecule has 0 atom stereocenters. The van der Waals surface area contributed by atoms with E-state index in [-0.39, 0.29) is 0 Å². The average molecular weight is 324 g/mol. The number of halogens is 2. The molecule has 0 saturated carbocycles. The molecule has 2 nitrogen and oxygen atoms in total. The van der Waals surface area contributed by atoms with Gasteiger partial charge in [-0.3, -0.25) is 0 Å². The molecule has 0 N–H and O–H groups in total. The zero-order chi connectivity index (χ0) is 15.2. The molecule has 0 amide bonds. The van der Waals surface area contributed by atoms with Crippen molar-refractivity contribution < 1.29 is 4.74 Å². The van der Waals surface area contributed by atoms with Crippen LogP contribution >= 0.6 is 23.2 Å². The summed E-state index contributed by atoms with van der Waals surface area (Å²) in [4.78, 5) is 2.18. The summed E-state index contributed by atoms with van der Waals surface area (Å²) in [7, 11) is 4.16. The SMILES string of the molecule is CN(C)CCCc1ccccc1Oc1ccc(Cl)cc1Cl. The number of rotatable bonds is 6. The molecule has 0 unspecified atom stereocenters. The Morgan fingerprint density at radius 3 is 2.48 bits per heavy atom. The summed E-state index contributed by atoms with van der Waals surface area (Å²) < 4.78 is 5.95. The Morgan fingerprint density at radius 2 is 1.76 bits per heavy atom. The third kappa shape index (κ3) is 4.92. The predicted molar refractivity (Wildman–Crippen MR) is 89.9 cm³/mol. The van der Waals surface area contributed by atoms with Crippen LogP contribution < -0.4 is 4.74 Å². The van der Waals surface area contributed by atoms with Crippen molar-refractivity contribution in [1.82, 2.24) is 4.90 Å². The van der Waals surface area contributed by atoms with E-state index in [0.29, 0.717) is 15.8 Å². The minimum atomic E-state index is 0.519. The minimum Gasteiger partial charge on any atom is -0.456 e. The molecule has 2 rings (SSSR count). The molecule has 0 radical (unpaired) electrons. The van der Waals surface area contributed by atoms with Gasteiger partial charge < -0.3 is 9.64 Å². The van der Waals surface area contributed by atoms with Gasteiger partial charge >= 0.3 is 0 Å². The van der Waals surface area contributed by atoms with E-state index in [4.69, 9.17) is 27.9 Å². The van der Waals surface area contributed by atoms with Gasteiger partial charge in [0.05, 0.1) is 5.02 Å². The van der Waals surface area contributed by atoms with Gasteiger partial charge in [0.15, 0.2) is 0 Å². The zero-order valence-electron chi connectivity index (χ0n) is 12.3. The summed E-state index contributed by atoms with van der Waals surface area (Å²) in [6, 6.07) is 13.3. The maximum Gasteiger partial charge on any atom is 0.146 e.